The van der Waals surface area contributed by atoms with Crippen LogP contribution in [0.15, 0.2) is 30.3 Å². The minimum Gasteiger partial charge on any atom is -0.392 e. The van der Waals surface area contributed by atoms with Crippen molar-refractivity contribution in [1.82, 2.24) is 0 Å². The average molecular weight is 348 g/mol. The standard InChI is InChI=1S/C17H14F6O/c1-9-3-4-11(6-14(9)16(18,19)20)13-7-15(17(21,22)23)10(2)5-12(13)8-24/h3-7,24H,8H2,1-2H3. The van der Waals surface area contributed by atoms with Crippen LogP contribution in [0.25, 0.3) is 11.1 Å². The quantitative estimate of drug-likeness (QED) is 0.711. The number of alkyl halides is 6. The highest BCUT2D eigenvalue weighted by Gasteiger charge is 2.35. The van der Waals surface area contributed by atoms with Crippen LogP contribution in [0.5, 0.6) is 0 Å². The fourth-order valence-electron chi connectivity index (χ4n) is 2.57. The van der Waals surface area contributed by atoms with Gasteiger partial charge in [-0.05, 0) is 53.8 Å². The maximum atomic E-state index is 13.1. The highest BCUT2D eigenvalue weighted by atomic mass is 19.4. The molecule has 0 amide bonds. The zero-order chi connectivity index (χ0) is 18.3. The first-order valence-corrected chi connectivity index (χ1v) is 6.95. The second-order valence-electron chi connectivity index (χ2n) is 5.51. The van der Waals surface area contributed by atoms with Gasteiger partial charge in [0.15, 0.2) is 0 Å². The molecular formula is C17H14F6O. The predicted molar refractivity (Wildman–Crippen MR) is 77.3 cm³/mol. The van der Waals surface area contributed by atoms with Gasteiger partial charge in [-0.3, -0.25) is 0 Å². The third kappa shape index (κ3) is 3.56. The minimum absolute atomic E-state index is 0.0255. The van der Waals surface area contributed by atoms with Crippen molar-refractivity contribution < 1.29 is 31.4 Å². The summed E-state index contributed by atoms with van der Waals surface area (Å²) in [6, 6.07) is 5.25. The Morgan fingerprint density at radius 1 is 0.792 bits per heavy atom. The molecule has 1 N–H and O–H groups in total. The lowest BCUT2D eigenvalue weighted by molar-refractivity contribution is -0.139. The predicted octanol–water partition coefficient (Wildman–Crippen LogP) is 5.50. The van der Waals surface area contributed by atoms with Crippen LogP contribution in [0.1, 0.15) is 27.8 Å². The second kappa shape index (κ2) is 6.12. The number of hydrogen-bond donors (Lipinski definition) is 1. The lowest BCUT2D eigenvalue weighted by Crippen LogP contribution is -2.10. The summed E-state index contributed by atoms with van der Waals surface area (Å²) in [4.78, 5) is 0. The molecule has 0 aliphatic rings. The van der Waals surface area contributed by atoms with Crippen LogP contribution in [0.2, 0.25) is 0 Å². The lowest BCUT2D eigenvalue weighted by atomic mass is 9.92. The molecule has 0 saturated heterocycles. The van der Waals surface area contributed by atoms with Gasteiger partial charge in [0.2, 0.25) is 0 Å². The van der Waals surface area contributed by atoms with Crippen LogP contribution in [-0.4, -0.2) is 5.11 Å². The fourth-order valence-corrected chi connectivity index (χ4v) is 2.57. The summed E-state index contributed by atoms with van der Waals surface area (Å²) in [6.07, 6.45) is -9.25. The molecule has 0 unspecified atom stereocenters. The second-order valence-corrected chi connectivity index (χ2v) is 5.51. The molecule has 0 bridgehead atoms. The molecule has 7 heteroatoms. The summed E-state index contributed by atoms with van der Waals surface area (Å²) >= 11 is 0. The number of benzene rings is 2. The van der Waals surface area contributed by atoms with E-state index in [0.29, 0.717) is 0 Å². The normalized spacial score (nSPS) is 12.5. The smallest absolute Gasteiger partial charge is 0.392 e. The maximum Gasteiger partial charge on any atom is 0.416 e. The SMILES string of the molecule is Cc1ccc(-c2cc(C(F)(F)F)c(C)cc2CO)cc1C(F)(F)F. The Bertz CT molecular complexity index is 759. The first kappa shape index (κ1) is 18.3. The highest BCUT2D eigenvalue weighted by Crippen LogP contribution is 2.39. The third-order valence-electron chi connectivity index (χ3n) is 3.78. The summed E-state index contributed by atoms with van der Waals surface area (Å²) in [5.41, 5.74) is -1.94. The van der Waals surface area contributed by atoms with Crippen LogP contribution in [-0.2, 0) is 19.0 Å². The van der Waals surface area contributed by atoms with Gasteiger partial charge in [-0.25, -0.2) is 0 Å². The van der Waals surface area contributed by atoms with Gasteiger partial charge in [0.05, 0.1) is 17.7 Å². The van der Waals surface area contributed by atoms with E-state index in [1.165, 1.54) is 26.0 Å². The van der Waals surface area contributed by atoms with Gasteiger partial charge in [-0.2, -0.15) is 26.3 Å². The number of aryl methyl sites for hydroxylation is 2. The van der Waals surface area contributed by atoms with Crippen molar-refractivity contribution in [3.63, 3.8) is 0 Å². The van der Waals surface area contributed by atoms with Crippen molar-refractivity contribution in [2.75, 3.05) is 0 Å². The van der Waals surface area contributed by atoms with Crippen LogP contribution in [0.4, 0.5) is 26.3 Å². The van der Waals surface area contributed by atoms with Gasteiger partial charge in [0.1, 0.15) is 0 Å². The monoisotopic (exact) mass is 348 g/mol. The van der Waals surface area contributed by atoms with E-state index in [0.717, 1.165) is 18.2 Å². The fraction of sp³-hybridized carbons (Fsp3) is 0.294. The van der Waals surface area contributed by atoms with E-state index in [1.54, 1.807) is 0 Å². The van der Waals surface area contributed by atoms with Crippen molar-refractivity contribution in [1.29, 1.82) is 0 Å². The molecule has 0 saturated carbocycles. The molecule has 24 heavy (non-hydrogen) atoms. The molecule has 0 aliphatic heterocycles. The lowest BCUT2D eigenvalue weighted by Gasteiger charge is -2.17. The van der Waals surface area contributed by atoms with Crippen LogP contribution >= 0.6 is 0 Å². The van der Waals surface area contributed by atoms with E-state index in [4.69, 9.17) is 0 Å². The highest BCUT2D eigenvalue weighted by molar-refractivity contribution is 5.70. The molecule has 0 aromatic heterocycles. The Kier molecular flexibility index (Phi) is 4.68. The maximum absolute atomic E-state index is 13.1. The molecule has 0 aliphatic carbocycles. The molecule has 0 heterocycles. The number of aliphatic hydroxyl groups is 1. The Balaban J connectivity index is 2.72. The molecule has 2 aromatic rings. The summed E-state index contributed by atoms with van der Waals surface area (Å²) in [5.74, 6) is 0. The van der Waals surface area contributed by atoms with Crippen LogP contribution in [0.3, 0.4) is 0 Å². The van der Waals surface area contributed by atoms with E-state index in [-0.39, 0.29) is 27.8 Å². The molecule has 0 atom stereocenters. The van der Waals surface area contributed by atoms with E-state index in [2.05, 4.69) is 0 Å². The zero-order valence-electron chi connectivity index (χ0n) is 12.8. The average Bonchev–Trinajstić information content (AvgIpc) is 2.45. The number of hydrogen-bond acceptors (Lipinski definition) is 1. The summed E-state index contributed by atoms with van der Waals surface area (Å²) in [7, 11) is 0. The van der Waals surface area contributed by atoms with Crippen molar-refractivity contribution in [3.05, 3.63) is 58.1 Å². The molecule has 2 aromatic carbocycles. The van der Waals surface area contributed by atoms with Crippen molar-refractivity contribution in [2.24, 2.45) is 0 Å². The van der Waals surface area contributed by atoms with Crippen molar-refractivity contribution >= 4 is 0 Å². The van der Waals surface area contributed by atoms with E-state index in [1.807, 2.05) is 0 Å². The van der Waals surface area contributed by atoms with Gasteiger partial charge < -0.3 is 5.11 Å². The van der Waals surface area contributed by atoms with Crippen LogP contribution in [0, 0.1) is 13.8 Å². The Labute approximate surface area is 134 Å². The zero-order valence-corrected chi connectivity index (χ0v) is 12.8. The molecule has 1 nitrogen and oxygen atoms in total. The van der Waals surface area contributed by atoms with Gasteiger partial charge in [-0.1, -0.05) is 18.2 Å². The van der Waals surface area contributed by atoms with E-state index < -0.39 is 30.1 Å². The summed E-state index contributed by atoms with van der Waals surface area (Å²) in [6.45, 7) is 1.93. The Morgan fingerprint density at radius 3 is 1.83 bits per heavy atom. The Hall–Kier alpha value is -2.02. The van der Waals surface area contributed by atoms with Crippen molar-refractivity contribution in [2.45, 2.75) is 32.8 Å². The number of aliphatic hydroxyl groups excluding tert-OH is 1. The van der Waals surface area contributed by atoms with Gasteiger partial charge in [0, 0.05) is 0 Å². The largest absolute Gasteiger partial charge is 0.416 e. The first-order valence-electron chi connectivity index (χ1n) is 6.95. The van der Waals surface area contributed by atoms with Crippen LogP contribution < -0.4 is 0 Å². The first-order chi connectivity index (χ1) is 10.9. The van der Waals surface area contributed by atoms with E-state index in [9.17, 15) is 31.4 Å². The number of rotatable bonds is 2. The molecule has 130 valence electrons. The number of halogens is 6. The van der Waals surface area contributed by atoms with Crippen molar-refractivity contribution in [3.8, 4) is 11.1 Å². The summed E-state index contributed by atoms with van der Waals surface area (Å²) < 4.78 is 78.3. The van der Waals surface area contributed by atoms with Gasteiger partial charge >= 0.3 is 12.4 Å². The molecule has 2 rings (SSSR count). The third-order valence-corrected chi connectivity index (χ3v) is 3.78. The topological polar surface area (TPSA) is 20.2 Å². The summed E-state index contributed by atoms with van der Waals surface area (Å²) in [5, 5.41) is 9.38. The Morgan fingerprint density at radius 2 is 1.33 bits per heavy atom. The molecule has 0 radical (unpaired) electrons. The molecular weight excluding hydrogens is 334 g/mol. The minimum atomic E-state index is -4.63. The molecule has 0 fully saturated rings. The van der Waals surface area contributed by atoms with Gasteiger partial charge in [-0.15, -0.1) is 0 Å². The van der Waals surface area contributed by atoms with E-state index >= 15 is 0 Å². The van der Waals surface area contributed by atoms with Gasteiger partial charge in [0.25, 0.3) is 0 Å². The molecule has 0 spiro atoms.